The van der Waals surface area contributed by atoms with Crippen molar-refractivity contribution in [3.05, 3.63) is 71.8 Å². The van der Waals surface area contributed by atoms with Crippen LogP contribution in [0, 0.1) is 0 Å². The molecule has 0 bridgehead atoms. The lowest BCUT2D eigenvalue weighted by molar-refractivity contribution is 0.173. The second-order valence-electron chi connectivity index (χ2n) is 6.20. The van der Waals surface area contributed by atoms with Crippen LogP contribution in [0.25, 0.3) is 11.1 Å². The quantitative estimate of drug-likeness (QED) is 0.638. The minimum atomic E-state index is -0.815. The number of ether oxygens (including phenoxy) is 3. The molecule has 0 fully saturated rings. The second kappa shape index (κ2) is 7.55. The summed E-state index contributed by atoms with van der Waals surface area (Å²) in [5, 5.41) is 11.1. The van der Waals surface area contributed by atoms with Gasteiger partial charge in [0.25, 0.3) is 0 Å². The molecule has 3 aromatic carbocycles. The van der Waals surface area contributed by atoms with Gasteiger partial charge in [0.05, 0.1) is 7.11 Å². The largest absolute Gasteiger partial charge is 0.497 e. The summed E-state index contributed by atoms with van der Waals surface area (Å²) >= 11 is 1.70. The number of methoxy groups -OCH3 is 1. The number of hydrogen-bond acceptors (Lipinski definition) is 5. The molecule has 0 saturated heterocycles. The Hall–Kier alpha value is -2.63. The fraction of sp³-hybridized carbons (Fsp3) is 0.182. The fourth-order valence-electron chi connectivity index (χ4n) is 3.20. The maximum absolute atomic E-state index is 11.1. The van der Waals surface area contributed by atoms with Gasteiger partial charge in [-0.05, 0) is 64.9 Å². The molecule has 1 aliphatic rings. The van der Waals surface area contributed by atoms with Crippen LogP contribution < -0.4 is 14.2 Å². The van der Waals surface area contributed by atoms with Crippen LogP contribution in [-0.4, -0.2) is 25.3 Å². The van der Waals surface area contributed by atoms with E-state index in [1.807, 2.05) is 42.7 Å². The number of benzene rings is 3. The summed E-state index contributed by atoms with van der Waals surface area (Å²) in [6.07, 6.45) is 1.23. The van der Waals surface area contributed by atoms with Crippen LogP contribution in [0.2, 0.25) is 0 Å². The van der Waals surface area contributed by atoms with Crippen molar-refractivity contribution in [1.29, 1.82) is 0 Å². The SMILES string of the molecule is COc1cccc(C(O)c2cc3c(cc2-c2ccc(SC)cc2)OCO3)c1. The van der Waals surface area contributed by atoms with Gasteiger partial charge in [0, 0.05) is 4.90 Å². The first-order valence-corrected chi connectivity index (χ1v) is 9.82. The van der Waals surface area contributed by atoms with Crippen LogP contribution in [0.3, 0.4) is 0 Å². The molecule has 1 unspecified atom stereocenters. The standard InChI is InChI=1S/C22H20O4S/c1-24-16-5-3-4-15(10-16)22(23)19-12-21-20(25-13-26-21)11-18(19)14-6-8-17(27-2)9-7-14/h3-12,22-23H,13H2,1-2H3. The van der Waals surface area contributed by atoms with Crippen LogP contribution in [0.1, 0.15) is 17.2 Å². The highest BCUT2D eigenvalue weighted by Crippen LogP contribution is 2.42. The third-order valence-electron chi connectivity index (χ3n) is 4.65. The summed E-state index contributed by atoms with van der Waals surface area (Å²) in [7, 11) is 1.62. The molecule has 4 rings (SSSR count). The first kappa shape index (κ1) is 17.8. The molecule has 1 atom stereocenters. The number of rotatable bonds is 5. The lowest BCUT2D eigenvalue weighted by Gasteiger charge is -2.18. The highest BCUT2D eigenvalue weighted by Gasteiger charge is 2.23. The molecule has 0 spiro atoms. The van der Waals surface area contributed by atoms with Gasteiger partial charge in [-0.3, -0.25) is 0 Å². The number of hydrogen-bond donors (Lipinski definition) is 1. The summed E-state index contributed by atoms with van der Waals surface area (Å²) in [6.45, 7) is 0.193. The topological polar surface area (TPSA) is 47.9 Å². The van der Waals surface area contributed by atoms with Gasteiger partial charge in [0.2, 0.25) is 6.79 Å². The number of fused-ring (bicyclic) bond motifs is 1. The van der Waals surface area contributed by atoms with Gasteiger partial charge in [-0.25, -0.2) is 0 Å². The fourth-order valence-corrected chi connectivity index (χ4v) is 3.60. The monoisotopic (exact) mass is 380 g/mol. The summed E-state index contributed by atoms with van der Waals surface area (Å²) in [6, 6.07) is 19.5. The van der Waals surface area contributed by atoms with Gasteiger partial charge in [0.1, 0.15) is 11.9 Å². The summed E-state index contributed by atoms with van der Waals surface area (Å²) in [5.41, 5.74) is 3.46. The van der Waals surface area contributed by atoms with Gasteiger partial charge >= 0.3 is 0 Å². The van der Waals surface area contributed by atoms with Crippen molar-refractivity contribution < 1.29 is 19.3 Å². The van der Waals surface area contributed by atoms with E-state index in [9.17, 15) is 5.11 Å². The first-order valence-electron chi connectivity index (χ1n) is 8.59. The minimum absolute atomic E-state index is 0.193. The molecule has 4 nitrogen and oxygen atoms in total. The van der Waals surface area contributed by atoms with E-state index in [1.165, 1.54) is 4.90 Å². The molecule has 0 saturated carbocycles. The van der Waals surface area contributed by atoms with Crippen LogP contribution in [-0.2, 0) is 0 Å². The van der Waals surface area contributed by atoms with Crippen molar-refractivity contribution in [2.75, 3.05) is 20.2 Å². The molecule has 138 valence electrons. The van der Waals surface area contributed by atoms with E-state index in [-0.39, 0.29) is 6.79 Å². The zero-order valence-corrected chi connectivity index (χ0v) is 16.0. The van der Waals surface area contributed by atoms with E-state index in [0.29, 0.717) is 17.2 Å². The van der Waals surface area contributed by atoms with Crippen LogP contribution in [0.4, 0.5) is 0 Å². The molecule has 27 heavy (non-hydrogen) atoms. The lowest BCUT2D eigenvalue weighted by Crippen LogP contribution is -2.03. The normalized spacial score (nSPS) is 13.4. The maximum Gasteiger partial charge on any atom is 0.231 e. The number of aliphatic hydroxyl groups excluding tert-OH is 1. The highest BCUT2D eigenvalue weighted by atomic mass is 32.2. The van der Waals surface area contributed by atoms with Crippen molar-refractivity contribution >= 4 is 11.8 Å². The van der Waals surface area contributed by atoms with Crippen molar-refractivity contribution in [3.63, 3.8) is 0 Å². The van der Waals surface area contributed by atoms with E-state index < -0.39 is 6.10 Å². The Labute approximate surface area is 162 Å². The van der Waals surface area contributed by atoms with Crippen molar-refractivity contribution in [2.24, 2.45) is 0 Å². The molecule has 0 amide bonds. The predicted molar refractivity (Wildman–Crippen MR) is 107 cm³/mol. The van der Waals surface area contributed by atoms with Crippen molar-refractivity contribution in [1.82, 2.24) is 0 Å². The number of thioether (sulfide) groups is 1. The second-order valence-corrected chi connectivity index (χ2v) is 7.08. The van der Waals surface area contributed by atoms with E-state index in [1.54, 1.807) is 18.9 Å². The maximum atomic E-state index is 11.1. The molecule has 0 aliphatic carbocycles. The molecule has 1 aliphatic heterocycles. The molecule has 1 N–H and O–H groups in total. The van der Waals surface area contributed by atoms with Crippen LogP contribution in [0.15, 0.2) is 65.6 Å². The third-order valence-corrected chi connectivity index (χ3v) is 5.39. The van der Waals surface area contributed by atoms with Gasteiger partial charge in [-0.15, -0.1) is 11.8 Å². The third kappa shape index (κ3) is 3.48. The van der Waals surface area contributed by atoms with Gasteiger partial charge in [-0.1, -0.05) is 24.3 Å². The molecule has 1 heterocycles. The average Bonchev–Trinajstić information content (AvgIpc) is 3.20. The number of aliphatic hydroxyl groups is 1. The van der Waals surface area contributed by atoms with E-state index in [4.69, 9.17) is 14.2 Å². The van der Waals surface area contributed by atoms with Gasteiger partial charge in [0.15, 0.2) is 11.5 Å². The predicted octanol–water partition coefficient (Wildman–Crippen LogP) is 4.89. The smallest absolute Gasteiger partial charge is 0.231 e. The lowest BCUT2D eigenvalue weighted by atomic mass is 9.92. The zero-order chi connectivity index (χ0) is 18.8. The Balaban J connectivity index is 1.82. The van der Waals surface area contributed by atoms with Crippen LogP contribution >= 0.6 is 11.8 Å². The first-order chi connectivity index (χ1) is 13.2. The Kier molecular flexibility index (Phi) is 4.97. The Morgan fingerprint density at radius 2 is 1.74 bits per heavy atom. The van der Waals surface area contributed by atoms with Crippen LogP contribution in [0.5, 0.6) is 17.2 Å². The molecule has 3 aromatic rings. The van der Waals surface area contributed by atoms with E-state index in [2.05, 4.69) is 24.3 Å². The van der Waals surface area contributed by atoms with Gasteiger partial charge in [-0.2, -0.15) is 0 Å². The van der Waals surface area contributed by atoms with Gasteiger partial charge < -0.3 is 19.3 Å². The summed E-state index contributed by atoms with van der Waals surface area (Å²) in [4.78, 5) is 1.19. The summed E-state index contributed by atoms with van der Waals surface area (Å²) in [5.74, 6) is 2.05. The molecule has 0 aromatic heterocycles. The molecular formula is C22H20O4S. The molecule has 0 radical (unpaired) electrons. The zero-order valence-electron chi connectivity index (χ0n) is 15.1. The summed E-state index contributed by atoms with van der Waals surface area (Å²) < 4.78 is 16.4. The minimum Gasteiger partial charge on any atom is -0.497 e. The van der Waals surface area contributed by atoms with E-state index in [0.717, 1.165) is 22.3 Å². The molecular weight excluding hydrogens is 360 g/mol. The van der Waals surface area contributed by atoms with Crippen molar-refractivity contribution in [3.8, 4) is 28.4 Å². The highest BCUT2D eigenvalue weighted by molar-refractivity contribution is 7.98. The Morgan fingerprint density at radius 3 is 2.44 bits per heavy atom. The average molecular weight is 380 g/mol. The van der Waals surface area contributed by atoms with Crippen molar-refractivity contribution in [2.45, 2.75) is 11.0 Å². The van der Waals surface area contributed by atoms with E-state index >= 15 is 0 Å². The Bertz CT molecular complexity index is 953. The Morgan fingerprint density at radius 1 is 1.00 bits per heavy atom. The molecule has 5 heteroatoms.